The number of carbonyl (C=O) groups is 1. The van der Waals surface area contributed by atoms with Crippen LogP contribution in [0.1, 0.15) is 10.4 Å². The highest BCUT2D eigenvalue weighted by atomic mass is 35.5. The summed E-state index contributed by atoms with van der Waals surface area (Å²) in [6.45, 7) is 0.570. The Bertz CT molecular complexity index is 694. The van der Waals surface area contributed by atoms with Crippen molar-refractivity contribution in [3.8, 4) is 0 Å². The molecule has 0 bridgehead atoms. The number of nitrogens with one attached hydrogen (secondary N) is 1. The Kier molecular flexibility index (Phi) is 5.91. The van der Waals surface area contributed by atoms with Gasteiger partial charge in [0.05, 0.1) is 35.1 Å². The molecule has 1 aliphatic rings. The summed E-state index contributed by atoms with van der Waals surface area (Å²) in [5.74, 6) is -0.716. The topological polar surface area (TPSA) is 75.7 Å². The van der Waals surface area contributed by atoms with Crippen molar-refractivity contribution in [3.63, 3.8) is 0 Å². The van der Waals surface area contributed by atoms with Gasteiger partial charge in [-0.3, -0.25) is 4.79 Å². The van der Waals surface area contributed by atoms with Crippen LogP contribution in [0, 0.1) is 5.92 Å². The molecule has 2 rings (SSSR count). The van der Waals surface area contributed by atoms with Crippen LogP contribution in [-0.2, 0) is 14.8 Å². The van der Waals surface area contributed by atoms with Crippen molar-refractivity contribution >= 4 is 39.1 Å². The Morgan fingerprint density at radius 2 is 2.00 bits per heavy atom. The maximum atomic E-state index is 12.3. The van der Waals surface area contributed by atoms with Crippen LogP contribution < -0.4 is 5.32 Å². The number of hydrogen-bond acceptors (Lipinski definition) is 4. The summed E-state index contributed by atoms with van der Waals surface area (Å²) in [5, 5.41) is 3.45. The van der Waals surface area contributed by atoms with Crippen LogP contribution in [0.15, 0.2) is 18.2 Å². The molecule has 0 unspecified atom stereocenters. The maximum absolute atomic E-state index is 12.3. The van der Waals surface area contributed by atoms with Crippen molar-refractivity contribution in [1.29, 1.82) is 0 Å². The van der Waals surface area contributed by atoms with Gasteiger partial charge in [-0.2, -0.15) is 0 Å². The second-order valence-electron chi connectivity index (χ2n) is 5.57. The van der Waals surface area contributed by atoms with E-state index in [4.69, 9.17) is 27.9 Å². The molecule has 1 aliphatic heterocycles. The predicted octanol–water partition coefficient (Wildman–Crippen LogP) is 1.63. The second kappa shape index (κ2) is 7.36. The lowest BCUT2D eigenvalue weighted by atomic mass is 10.1. The molecule has 23 heavy (non-hydrogen) atoms. The minimum absolute atomic E-state index is 0.0771. The van der Waals surface area contributed by atoms with Gasteiger partial charge in [-0.25, -0.2) is 12.7 Å². The molecule has 0 spiro atoms. The third-order valence-corrected chi connectivity index (χ3v) is 6.38. The van der Waals surface area contributed by atoms with Crippen LogP contribution in [0.2, 0.25) is 10.0 Å². The van der Waals surface area contributed by atoms with Gasteiger partial charge in [0.15, 0.2) is 0 Å². The molecule has 9 heteroatoms. The van der Waals surface area contributed by atoms with Crippen molar-refractivity contribution < 1.29 is 17.9 Å². The number of hydrogen-bond donors (Lipinski definition) is 1. The van der Waals surface area contributed by atoms with Crippen molar-refractivity contribution in [2.75, 3.05) is 33.1 Å². The zero-order valence-electron chi connectivity index (χ0n) is 12.8. The van der Waals surface area contributed by atoms with Crippen LogP contribution in [0.5, 0.6) is 0 Å². The Hall–Kier alpha value is -0.860. The van der Waals surface area contributed by atoms with E-state index in [0.717, 1.165) is 0 Å². The van der Waals surface area contributed by atoms with Crippen LogP contribution in [0.4, 0.5) is 0 Å². The SMILES string of the molecule is CN(C)S(=O)(=O)C[C@@H]1COC[C@@H]1NC(=O)c1ccc(Cl)c(Cl)c1. The average Bonchev–Trinajstić information content (AvgIpc) is 2.88. The highest BCUT2D eigenvalue weighted by Gasteiger charge is 2.34. The molecule has 1 aromatic rings. The van der Waals surface area contributed by atoms with Crippen molar-refractivity contribution in [1.82, 2.24) is 9.62 Å². The molecule has 1 N–H and O–H groups in total. The molecule has 1 saturated heterocycles. The average molecular weight is 381 g/mol. The standard InChI is InChI=1S/C14H18Cl2N2O4S/c1-18(2)23(20,21)8-10-6-22-7-13(10)17-14(19)9-3-4-11(15)12(16)5-9/h3-5,10,13H,6-8H2,1-2H3,(H,17,19)/t10-,13-/m0/s1. The minimum atomic E-state index is -3.36. The van der Waals surface area contributed by atoms with Gasteiger partial charge < -0.3 is 10.1 Å². The van der Waals surface area contributed by atoms with E-state index in [1.165, 1.54) is 30.5 Å². The highest BCUT2D eigenvalue weighted by Crippen LogP contribution is 2.23. The molecule has 128 valence electrons. The third kappa shape index (κ3) is 4.58. The summed E-state index contributed by atoms with van der Waals surface area (Å²) in [6.07, 6.45) is 0. The molecule has 0 aliphatic carbocycles. The van der Waals surface area contributed by atoms with Crippen molar-refractivity contribution in [2.45, 2.75) is 6.04 Å². The number of nitrogens with zero attached hydrogens (tertiary/aromatic N) is 1. The molecule has 1 amide bonds. The first-order chi connectivity index (χ1) is 10.7. The monoisotopic (exact) mass is 380 g/mol. The Balaban J connectivity index is 2.06. The number of amides is 1. The molecule has 0 radical (unpaired) electrons. The van der Waals surface area contributed by atoms with Gasteiger partial charge in [0.25, 0.3) is 5.91 Å². The predicted molar refractivity (Wildman–Crippen MR) is 89.5 cm³/mol. The van der Waals surface area contributed by atoms with E-state index >= 15 is 0 Å². The minimum Gasteiger partial charge on any atom is -0.379 e. The van der Waals surface area contributed by atoms with Crippen molar-refractivity contribution in [3.05, 3.63) is 33.8 Å². The van der Waals surface area contributed by atoms with Gasteiger partial charge in [-0.15, -0.1) is 0 Å². The van der Waals surface area contributed by atoms with Crippen LogP contribution in [-0.4, -0.2) is 57.7 Å². The molecule has 0 saturated carbocycles. The first-order valence-corrected chi connectivity index (χ1v) is 9.31. The summed E-state index contributed by atoms with van der Waals surface area (Å²) >= 11 is 11.7. The zero-order valence-corrected chi connectivity index (χ0v) is 15.1. The van der Waals surface area contributed by atoms with Crippen LogP contribution >= 0.6 is 23.2 Å². The lowest BCUT2D eigenvalue weighted by molar-refractivity contribution is 0.0926. The molecule has 1 heterocycles. The van der Waals surface area contributed by atoms with Gasteiger partial charge in [0, 0.05) is 25.6 Å². The molecule has 2 atom stereocenters. The Labute approximate surface area is 145 Å². The van der Waals surface area contributed by atoms with Gasteiger partial charge >= 0.3 is 0 Å². The summed E-state index contributed by atoms with van der Waals surface area (Å²) < 4.78 is 30.5. The number of halogens is 2. The number of ether oxygens (including phenoxy) is 1. The van der Waals surface area contributed by atoms with Crippen molar-refractivity contribution in [2.24, 2.45) is 5.92 Å². The zero-order chi connectivity index (χ0) is 17.2. The fourth-order valence-corrected chi connectivity index (χ4v) is 3.70. The lowest BCUT2D eigenvalue weighted by Gasteiger charge is -2.21. The largest absolute Gasteiger partial charge is 0.379 e. The Morgan fingerprint density at radius 1 is 1.30 bits per heavy atom. The first kappa shape index (κ1) is 18.5. The van der Waals surface area contributed by atoms with E-state index in [0.29, 0.717) is 17.2 Å². The van der Waals surface area contributed by atoms with E-state index in [2.05, 4.69) is 5.32 Å². The lowest BCUT2D eigenvalue weighted by Crippen LogP contribution is -2.43. The number of sulfonamides is 1. The third-order valence-electron chi connectivity index (χ3n) is 3.68. The van der Waals surface area contributed by atoms with Gasteiger partial charge in [-0.05, 0) is 18.2 Å². The highest BCUT2D eigenvalue weighted by molar-refractivity contribution is 7.89. The normalized spacial score (nSPS) is 21.6. The van der Waals surface area contributed by atoms with Gasteiger partial charge in [0.1, 0.15) is 0 Å². The van der Waals surface area contributed by atoms with E-state index in [1.54, 1.807) is 6.07 Å². The van der Waals surface area contributed by atoms with E-state index in [9.17, 15) is 13.2 Å². The second-order valence-corrected chi connectivity index (χ2v) is 8.61. The van der Waals surface area contributed by atoms with Gasteiger partial charge in [0.2, 0.25) is 10.0 Å². The molecular weight excluding hydrogens is 363 g/mol. The van der Waals surface area contributed by atoms with Crippen LogP contribution in [0.25, 0.3) is 0 Å². The Morgan fingerprint density at radius 3 is 2.61 bits per heavy atom. The maximum Gasteiger partial charge on any atom is 0.251 e. The summed E-state index contributed by atoms with van der Waals surface area (Å²) in [5.41, 5.74) is 0.362. The number of carbonyl (C=O) groups excluding carboxylic acids is 1. The van der Waals surface area contributed by atoms with Gasteiger partial charge in [-0.1, -0.05) is 23.2 Å². The summed E-state index contributed by atoms with van der Waals surface area (Å²) in [6, 6.07) is 4.20. The van der Waals surface area contributed by atoms with E-state index in [-0.39, 0.29) is 35.2 Å². The van der Waals surface area contributed by atoms with E-state index < -0.39 is 10.0 Å². The molecule has 6 nitrogen and oxygen atoms in total. The van der Waals surface area contributed by atoms with Crippen LogP contribution in [0.3, 0.4) is 0 Å². The smallest absolute Gasteiger partial charge is 0.251 e. The summed E-state index contributed by atoms with van der Waals surface area (Å²) in [7, 11) is -0.403. The first-order valence-electron chi connectivity index (χ1n) is 6.94. The molecule has 1 fully saturated rings. The molecule has 0 aromatic heterocycles. The quantitative estimate of drug-likeness (QED) is 0.841. The number of benzene rings is 1. The fourth-order valence-electron chi connectivity index (χ4n) is 2.23. The molecule has 1 aromatic carbocycles. The number of rotatable bonds is 5. The van der Waals surface area contributed by atoms with E-state index in [1.807, 2.05) is 0 Å². The molecular formula is C14H18Cl2N2O4S. The fraction of sp³-hybridized carbons (Fsp3) is 0.500. The summed E-state index contributed by atoms with van der Waals surface area (Å²) in [4.78, 5) is 12.3.